The van der Waals surface area contributed by atoms with Crippen molar-refractivity contribution in [2.45, 2.75) is 38.1 Å². The molecule has 1 saturated carbocycles. The number of aromatic nitrogens is 3. The Balaban J connectivity index is 1.47. The number of fused-ring (bicyclic) bond motifs is 1. The molecule has 1 aliphatic carbocycles. The number of aliphatic hydroxyl groups is 1. The van der Waals surface area contributed by atoms with E-state index in [0.717, 1.165) is 48.2 Å². The smallest absolute Gasteiger partial charge is 0.224 e. The number of ether oxygens (including phenoxy) is 1. The van der Waals surface area contributed by atoms with E-state index in [-0.39, 0.29) is 12.4 Å². The predicted octanol–water partition coefficient (Wildman–Crippen LogP) is 3.20. The first kappa shape index (κ1) is 22.5. The Morgan fingerprint density at radius 3 is 2.75 bits per heavy atom. The average Bonchev–Trinajstić information content (AvgIpc) is 3.22. The summed E-state index contributed by atoms with van der Waals surface area (Å²) in [6.07, 6.45) is 9.44. The summed E-state index contributed by atoms with van der Waals surface area (Å²) in [5.74, 6) is 2.61. The topological polar surface area (TPSA) is 106 Å². The Morgan fingerprint density at radius 1 is 1.19 bits per heavy atom. The highest BCUT2D eigenvalue weighted by Crippen LogP contribution is 2.29. The van der Waals surface area contributed by atoms with Crippen LogP contribution >= 0.6 is 0 Å². The maximum Gasteiger partial charge on any atom is 0.224 e. The standard InChI is InChI=1S/C23H30N4O4S/c1-32(29,30)15-3-14-31-21-5-2-4-20-19(21)11-13-27(20)22-10-12-24-23(26-22)25-18-8-6-17(16-28)7-9-18/h2,4-5,10-13,17-18,28H,3,6-9,14-16H2,1H3,(H,24,25,26)/t17-,18-. The third kappa shape index (κ3) is 5.58. The van der Waals surface area contributed by atoms with E-state index < -0.39 is 9.84 Å². The van der Waals surface area contributed by atoms with Crippen molar-refractivity contribution in [2.24, 2.45) is 5.92 Å². The molecule has 1 fully saturated rings. The van der Waals surface area contributed by atoms with Crippen LogP contribution in [0.1, 0.15) is 32.1 Å². The molecule has 0 aliphatic heterocycles. The minimum absolute atomic E-state index is 0.113. The van der Waals surface area contributed by atoms with Gasteiger partial charge in [0.05, 0.1) is 17.9 Å². The summed E-state index contributed by atoms with van der Waals surface area (Å²) in [7, 11) is -2.99. The van der Waals surface area contributed by atoms with Crippen LogP contribution in [0.3, 0.4) is 0 Å². The maximum absolute atomic E-state index is 11.3. The number of sulfone groups is 1. The van der Waals surface area contributed by atoms with Gasteiger partial charge in [-0.2, -0.15) is 4.98 Å². The van der Waals surface area contributed by atoms with E-state index in [9.17, 15) is 13.5 Å². The van der Waals surface area contributed by atoms with Crippen molar-refractivity contribution < 1.29 is 18.3 Å². The van der Waals surface area contributed by atoms with Gasteiger partial charge in [-0.25, -0.2) is 13.4 Å². The van der Waals surface area contributed by atoms with E-state index in [1.807, 2.05) is 41.1 Å². The second-order valence-electron chi connectivity index (χ2n) is 8.49. The fourth-order valence-corrected chi connectivity index (χ4v) is 4.84. The first-order valence-electron chi connectivity index (χ1n) is 11.0. The van der Waals surface area contributed by atoms with Gasteiger partial charge in [-0.15, -0.1) is 0 Å². The lowest BCUT2D eigenvalue weighted by Gasteiger charge is -2.27. The van der Waals surface area contributed by atoms with Gasteiger partial charge in [0.2, 0.25) is 5.95 Å². The molecule has 0 atom stereocenters. The van der Waals surface area contributed by atoms with Gasteiger partial charge in [-0.3, -0.25) is 0 Å². The minimum Gasteiger partial charge on any atom is -0.493 e. The molecule has 2 heterocycles. The summed E-state index contributed by atoms with van der Waals surface area (Å²) in [6.45, 7) is 0.611. The number of benzene rings is 1. The van der Waals surface area contributed by atoms with Crippen molar-refractivity contribution in [3.8, 4) is 11.6 Å². The van der Waals surface area contributed by atoms with Crippen molar-refractivity contribution in [1.82, 2.24) is 14.5 Å². The van der Waals surface area contributed by atoms with Crippen LogP contribution in [0.25, 0.3) is 16.7 Å². The second kappa shape index (κ2) is 9.87. The highest BCUT2D eigenvalue weighted by atomic mass is 32.2. The number of hydrogen-bond donors (Lipinski definition) is 2. The lowest BCUT2D eigenvalue weighted by molar-refractivity contribution is 0.185. The van der Waals surface area contributed by atoms with Crippen LogP contribution in [-0.4, -0.2) is 59.3 Å². The molecule has 0 saturated heterocycles. The molecule has 1 aromatic carbocycles. The lowest BCUT2D eigenvalue weighted by Crippen LogP contribution is -2.28. The van der Waals surface area contributed by atoms with Crippen LogP contribution in [-0.2, 0) is 9.84 Å². The fourth-order valence-electron chi connectivity index (χ4n) is 4.19. The Kier molecular flexibility index (Phi) is 6.95. The summed E-state index contributed by atoms with van der Waals surface area (Å²) in [5, 5.41) is 13.7. The molecule has 0 bridgehead atoms. The molecule has 2 N–H and O–H groups in total. The maximum atomic E-state index is 11.3. The molecule has 0 radical (unpaired) electrons. The molecule has 8 nitrogen and oxygen atoms in total. The van der Waals surface area contributed by atoms with E-state index >= 15 is 0 Å². The molecule has 32 heavy (non-hydrogen) atoms. The Morgan fingerprint density at radius 2 is 2.00 bits per heavy atom. The summed E-state index contributed by atoms with van der Waals surface area (Å²) in [5.41, 5.74) is 0.957. The molecule has 172 valence electrons. The SMILES string of the molecule is CS(=O)(=O)CCCOc1cccc2c1ccn2-c1ccnc(N[C@H]2CC[C@H](CO)CC2)n1. The third-order valence-corrected chi connectivity index (χ3v) is 6.97. The molecule has 3 aromatic rings. The largest absolute Gasteiger partial charge is 0.493 e. The van der Waals surface area contributed by atoms with Gasteiger partial charge in [0.25, 0.3) is 0 Å². The Hall–Kier alpha value is -2.65. The van der Waals surface area contributed by atoms with Crippen LogP contribution < -0.4 is 10.1 Å². The Labute approximate surface area is 188 Å². The quantitative estimate of drug-likeness (QED) is 0.474. The monoisotopic (exact) mass is 458 g/mol. The highest BCUT2D eigenvalue weighted by molar-refractivity contribution is 7.90. The van der Waals surface area contributed by atoms with Gasteiger partial charge in [-0.1, -0.05) is 6.07 Å². The predicted molar refractivity (Wildman–Crippen MR) is 125 cm³/mol. The molecule has 9 heteroatoms. The molecular formula is C23H30N4O4S. The number of aliphatic hydroxyl groups excluding tert-OH is 1. The van der Waals surface area contributed by atoms with E-state index in [1.165, 1.54) is 6.26 Å². The van der Waals surface area contributed by atoms with E-state index in [2.05, 4.69) is 10.3 Å². The van der Waals surface area contributed by atoms with E-state index in [4.69, 9.17) is 9.72 Å². The Bertz CT molecular complexity index is 1150. The van der Waals surface area contributed by atoms with Crippen molar-refractivity contribution >= 4 is 26.7 Å². The van der Waals surface area contributed by atoms with Crippen molar-refractivity contribution in [3.05, 3.63) is 42.7 Å². The summed E-state index contributed by atoms with van der Waals surface area (Å²) in [6, 6.07) is 9.98. The van der Waals surface area contributed by atoms with Crippen LogP contribution in [0.4, 0.5) is 5.95 Å². The summed E-state index contributed by atoms with van der Waals surface area (Å²) in [4.78, 5) is 9.11. The summed E-state index contributed by atoms with van der Waals surface area (Å²) >= 11 is 0. The number of rotatable bonds is 9. The van der Waals surface area contributed by atoms with Gasteiger partial charge in [-0.05, 0) is 62.3 Å². The third-order valence-electron chi connectivity index (χ3n) is 5.94. The summed E-state index contributed by atoms with van der Waals surface area (Å²) < 4.78 is 30.5. The molecule has 0 spiro atoms. The zero-order chi connectivity index (χ0) is 22.6. The zero-order valence-corrected chi connectivity index (χ0v) is 19.1. The van der Waals surface area contributed by atoms with E-state index in [1.54, 1.807) is 6.20 Å². The molecule has 2 aromatic heterocycles. The number of hydrogen-bond acceptors (Lipinski definition) is 7. The van der Waals surface area contributed by atoms with Crippen molar-refractivity contribution in [2.75, 3.05) is 30.5 Å². The van der Waals surface area contributed by atoms with Gasteiger partial charge in [0.1, 0.15) is 21.4 Å². The molecule has 1 aliphatic rings. The molecule has 0 unspecified atom stereocenters. The van der Waals surface area contributed by atoms with Crippen LogP contribution in [0.5, 0.6) is 5.75 Å². The molecular weight excluding hydrogens is 428 g/mol. The van der Waals surface area contributed by atoms with Gasteiger partial charge < -0.3 is 19.7 Å². The van der Waals surface area contributed by atoms with Crippen LogP contribution in [0.15, 0.2) is 42.7 Å². The van der Waals surface area contributed by atoms with Crippen LogP contribution in [0.2, 0.25) is 0 Å². The first-order valence-corrected chi connectivity index (χ1v) is 13.1. The van der Waals surface area contributed by atoms with Crippen molar-refractivity contribution in [3.63, 3.8) is 0 Å². The number of nitrogens with one attached hydrogen (secondary N) is 1. The number of nitrogens with zero attached hydrogens (tertiary/aromatic N) is 3. The average molecular weight is 459 g/mol. The molecule has 0 amide bonds. The van der Waals surface area contributed by atoms with Gasteiger partial charge in [0.15, 0.2) is 0 Å². The van der Waals surface area contributed by atoms with Gasteiger partial charge in [0, 0.05) is 36.7 Å². The van der Waals surface area contributed by atoms with Gasteiger partial charge >= 0.3 is 0 Å². The lowest BCUT2D eigenvalue weighted by atomic mass is 9.87. The molecule has 4 rings (SSSR count). The fraction of sp³-hybridized carbons (Fsp3) is 0.478. The van der Waals surface area contributed by atoms with Crippen molar-refractivity contribution in [1.29, 1.82) is 0 Å². The first-order chi connectivity index (χ1) is 15.4. The number of anilines is 1. The second-order valence-corrected chi connectivity index (χ2v) is 10.7. The normalized spacial score (nSPS) is 19.2. The van der Waals surface area contributed by atoms with Crippen LogP contribution in [0, 0.1) is 5.92 Å². The minimum atomic E-state index is -2.99. The highest BCUT2D eigenvalue weighted by Gasteiger charge is 2.21. The zero-order valence-electron chi connectivity index (χ0n) is 18.3. The van der Waals surface area contributed by atoms with E-state index in [0.29, 0.717) is 30.9 Å².